The van der Waals surface area contributed by atoms with Crippen molar-refractivity contribution in [3.63, 3.8) is 0 Å². The van der Waals surface area contributed by atoms with Gasteiger partial charge < -0.3 is 39.4 Å². The molecule has 0 aromatic rings. The van der Waals surface area contributed by atoms with Crippen LogP contribution < -0.4 is 0 Å². The summed E-state index contributed by atoms with van der Waals surface area (Å²) < 4.78 is 22.8. The van der Waals surface area contributed by atoms with Gasteiger partial charge in [-0.1, -0.05) is 186 Å². The van der Waals surface area contributed by atoms with Crippen molar-refractivity contribution in [1.29, 1.82) is 0 Å². The predicted molar refractivity (Wildman–Crippen MR) is 229 cm³/mol. The van der Waals surface area contributed by atoms with Crippen molar-refractivity contribution in [2.75, 3.05) is 26.4 Å². The van der Waals surface area contributed by atoms with Gasteiger partial charge in [0.25, 0.3) is 0 Å². The van der Waals surface area contributed by atoms with Gasteiger partial charge in [-0.3, -0.25) is 4.79 Å². The molecule has 330 valence electrons. The van der Waals surface area contributed by atoms with E-state index in [1.54, 1.807) is 0 Å². The van der Waals surface area contributed by atoms with Crippen LogP contribution in [0.2, 0.25) is 0 Å². The maximum absolute atomic E-state index is 12.8. The Labute approximate surface area is 343 Å². The van der Waals surface area contributed by atoms with E-state index in [0.717, 1.165) is 64.2 Å². The summed E-state index contributed by atoms with van der Waals surface area (Å²) in [5, 5.41) is 40.1. The van der Waals surface area contributed by atoms with Crippen molar-refractivity contribution in [2.45, 2.75) is 243 Å². The van der Waals surface area contributed by atoms with Crippen LogP contribution in [0, 0.1) is 0 Å². The van der Waals surface area contributed by atoms with Crippen LogP contribution in [0.4, 0.5) is 0 Å². The van der Waals surface area contributed by atoms with Gasteiger partial charge in [-0.2, -0.15) is 0 Å². The first-order valence-electron chi connectivity index (χ1n) is 23.4. The quantitative estimate of drug-likeness (QED) is 0.0271. The Morgan fingerprint density at radius 1 is 0.571 bits per heavy atom. The van der Waals surface area contributed by atoms with Gasteiger partial charge in [0.1, 0.15) is 30.5 Å². The highest BCUT2D eigenvalue weighted by Gasteiger charge is 2.44. The second-order valence-electron chi connectivity index (χ2n) is 16.2. The molecule has 56 heavy (non-hydrogen) atoms. The second kappa shape index (κ2) is 39.1. The summed E-state index contributed by atoms with van der Waals surface area (Å²) >= 11 is 0. The number of hydrogen-bond donors (Lipinski definition) is 4. The van der Waals surface area contributed by atoms with Gasteiger partial charge in [0.05, 0.1) is 19.8 Å². The van der Waals surface area contributed by atoms with Crippen molar-refractivity contribution in [2.24, 2.45) is 0 Å². The summed E-state index contributed by atoms with van der Waals surface area (Å²) in [5.41, 5.74) is 0. The van der Waals surface area contributed by atoms with Crippen LogP contribution in [0.1, 0.15) is 206 Å². The van der Waals surface area contributed by atoms with Gasteiger partial charge >= 0.3 is 5.97 Å². The molecule has 1 saturated heterocycles. The molecule has 0 spiro atoms. The summed E-state index contributed by atoms with van der Waals surface area (Å²) in [6, 6.07) is 0. The molecular formula is C47H88O9. The second-order valence-corrected chi connectivity index (χ2v) is 16.2. The minimum atomic E-state index is -1.54. The molecule has 9 heteroatoms. The fourth-order valence-corrected chi connectivity index (χ4v) is 7.18. The van der Waals surface area contributed by atoms with Gasteiger partial charge in [0, 0.05) is 13.0 Å². The van der Waals surface area contributed by atoms with E-state index >= 15 is 0 Å². The summed E-state index contributed by atoms with van der Waals surface area (Å²) in [6.07, 6.45) is 37.8. The molecule has 6 atom stereocenters. The average molecular weight is 797 g/mol. The molecule has 0 aliphatic carbocycles. The van der Waals surface area contributed by atoms with Crippen molar-refractivity contribution in [1.82, 2.24) is 0 Å². The van der Waals surface area contributed by atoms with Crippen LogP contribution >= 0.6 is 0 Å². The van der Waals surface area contributed by atoms with Crippen LogP contribution in [0.3, 0.4) is 0 Å². The number of aliphatic hydroxyl groups is 4. The molecule has 0 amide bonds. The van der Waals surface area contributed by atoms with E-state index in [2.05, 4.69) is 38.2 Å². The maximum Gasteiger partial charge on any atom is 0.306 e. The Bertz CT molecular complexity index is 910. The molecule has 1 aliphatic rings. The largest absolute Gasteiger partial charge is 0.457 e. The van der Waals surface area contributed by atoms with Crippen LogP contribution in [-0.4, -0.2) is 89.6 Å². The number of carbonyl (C=O) groups excluding carboxylic acids is 1. The Morgan fingerprint density at radius 2 is 1.07 bits per heavy atom. The van der Waals surface area contributed by atoms with E-state index in [9.17, 15) is 25.2 Å². The topological polar surface area (TPSA) is 135 Å². The minimum absolute atomic E-state index is 0.115. The highest BCUT2D eigenvalue weighted by Crippen LogP contribution is 2.23. The van der Waals surface area contributed by atoms with Gasteiger partial charge in [-0.25, -0.2) is 0 Å². The first-order chi connectivity index (χ1) is 27.4. The molecule has 4 N–H and O–H groups in total. The number of ether oxygens (including phenoxy) is 4. The zero-order valence-corrected chi connectivity index (χ0v) is 36.1. The number of unbranched alkanes of at least 4 members (excludes halogenated alkanes) is 25. The average Bonchev–Trinajstić information content (AvgIpc) is 3.20. The van der Waals surface area contributed by atoms with Crippen LogP contribution in [0.15, 0.2) is 24.3 Å². The fraction of sp³-hybridized carbons (Fsp3) is 0.894. The van der Waals surface area contributed by atoms with E-state index < -0.39 is 43.4 Å². The monoisotopic (exact) mass is 797 g/mol. The summed E-state index contributed by atoms with van der Waals surface area (Å²) in [6.45, 7) is 4.51. The number of carbonyl (C=O) groups is 1. The third-order valence-electron chi connectivity index (χ3n) is 10.9. The normalized spacial score (nSPS) is 20.7. The van der Waals surface area contributed by atoms with Crippen molar-refractivity contribution in [3.8, 4) is 0 Å². The minimum Gasteiger partial charge on any atom is -0.457 e. The maximum atomic E-state index is 12.8. The SMILES string of the molecule is CCC/C=C\C/C=C\CCCCCCCC(=O)OC(COCCCCCCCCCCCCCCCCCCCCCC)COC1OC(CO)C(O)C(O)C1O. The number of aliphatic hydroxyl groups excluding tert-OH is 4. The molecule has 0 bridgehead atoms. The lowest BCUT2D eigenvalue weighted by Crippen LogP contribution is -2.59. The molecule has 0 aromatic carbocycles. The van der Waals surface area contributed by atoms with E-state index in [4.69, 9.17) is 18.9 Å². The number of rotatable bonds is 40. The Hall–Kier alpha value is -1.33. The summed E-state index contributed by atoms with van der Waals surface area (Å²) in [4.78, 5) is 12.8. The molecule has 9 nitrogen and oxygen atoms in total. The predicted octanol–water partition coefficient (Wildman–Crippen LogP) is 10.6. The number of allylic oxidation sites excluding steroid dienone is 4. The van der Waals surface area contributed by atoms with Crippen molar-refractivity contribution < 1.29 is 44.2 Å². The molecule has 1 rings (SSSR count). The van der Waals surface area contributed by atoms with Gasteiger partial charge in [0.2, 0.25) is 0 Å². The smallest absolute Gasteiger partial charge is 0.306 e. The molecule has 0 radical (unpaired) electrons. The summed E-state index contributed by atoms with van der Waals surface area (Å²) in [7, 11) is 0. The van der Waals surface area contributed by atoms with E-state index in [1.807, 2.05) is 0 Å². The zero-order chi connectivity index (χ0) is 40.7. The molecule has 1 fully saturated rings. The van der Waals surface area contributed by atoms with Gasteiger partial charge in [-0.05, 0) is 38.5 Å². The highest BCUT2D eigenvalue weighted by molar-refractivity contribution is 5.69. The first kappa shape index (κ1) is 52.7. The molecule has 1 aliphatic heterocycles. The lowest BCUT2D eigenvalue weighted by molar-refractivity contribution is -0.305. The van der Waals surface area contributed by atoms with Crippen molar-refractivity contribution >= 4 is 5.97 Å². The fourth-order valence-electron chi connectivity index (χ4n) is 7.18. The number of hydrogen-bond acceptors (Lipinski definition) is 9. The van der Waals surface area contributed by atoms with Crippen molar-refractivity contribution in [3.05, 3.63) is 24.3 Å². The van der Waals surface area contributed by atoms with E-state index in [0.29, 0.717) is 13.0 Å². The van der Waals surface area contributed by atoms with Crippen LogP contribution in [0.5, 0.6) is 0 Å². The Morgan fingerprint density at radius 3 is 1.61 bits per heavy atom. The molecule has 0 saturated carbocycles. The Kier molecular flexibility index (Phi) is 36.8. The van der Waals surface area contributed by atoms with E-state index in [1.165, 1.54) is 122 Å². The van der Waals surface area contributed by atoms with Crippen LogP contribution in [-0.2, 0) is 23.7 Å². The number of esters is 1. The van der Waals surface area contributed by atoms with Gasteiger partial charge in [-0.15, -0.1) is 0 Å². The van der Waals surface area contributed by atoms with E-state index in [-0.39, 0.29) is 19.2 Å². The molecule has 6 unspecified atom stereocenters. The highest BCUT2D eigenvalue weighted by atomic mass is 16.7. The van der Waals surface area contributed by atoms with Crippen LogP contribution in [0.25, 0.3) is 0 Å². The lowest BCUT2D eigenvalue weighted by atomic mass is 9.99. The standard InChI is InChI=1S/C47H88O9/c1-3-5-7-9-11-13-15-17-18-19-20-21-22-23-25-27-29-31-33-35-37-53-39-41(40-54-47-46(52)45(51)44(50)42(38-48)56-47)55-43(49)36-34-32-30-28-26-24-16-14-12-10-8-6-4-2/h8,10,14,16,41-42,44-48,50-52H,3-7,9,11-13,15,17-40H2,1-2H3/b10-8-,16-14-. The molecule has 0 aromatic heterocycles. The third-order valence-corrected chi connectivity index (χ3v) is 10.9. The third kappa shape index (κ3) is 29.8. The first-order valence-corrected chi connectivity index (χ1v) is 23.4. The zero-order valence-electron chi connectivity index (χ0n) is 36.1. The lowest BCUT2D eigenvalue weighted by Gasteiger charge is -2.39. The Balaban J connectivity index is 2.21. The molecule has 1 heterocycles. The molecular weight excluding hydrogens is 709 g/mol. The van der Waals surface area contributed by atoms with Gasteiger partial charge in [0.15, 0.2) is 6.29 Å². The summed E-state index contributed by atoms with van der Waals surface area (Å²) in [5.74, 6) is -0.325.